The van der Waals surface area contributed by atoms with Gasteiger partial charge in [-0.3, -0.25) is 5.10 Å². The largest absolute Gasteiger partial charge is 0.382 e. The minimum absolute atomic E-state index is 0.523. The first-order valence-corrected chi connectivity index (χ1v) is 7.53. The summed E-state index contributed by atoms with van der Waals surface area (Å²) in [4.78, 5) is 0. The molecule has 21 heavy (non-hydrogen) atoms. The molecule has 0 saturated heterocycles. The zero-order valence-electron chi connectivity index (χ0n) is 11.9. The average Bonchev–Trinajstić information content (AvgIpc) is 2.82. The van der Waals surface area contributed by atoms with Crippen molar-refractivity contribution in [3.05, 3.63) is 58.1 Å². The van der Waals surface area contributed by atoms with Crippen LogP contribution in [-0.2, 0) is 0 Å². The predicted molar refractivity (Wildman–Crippen MR) is 91.0 cm³/mol. The van der Waals surface area contributed by atoms with Crippen LogP contribution in [0.15, 0.2) is 46.9 Å². The van der Waals surface area contributed by atoms with E-state index in [-0.39, 0.29) is 0 Å². The standard InChI is InChI=1S/C17H16BrN3/c1-10-4-3-5-11(2)14(10)16-15(17(19)21-20-16)12-6-8-13(18)9-7-12/h3-9H,1-2H3,(H3,19,20,21). The van der Waals surface area contributed by atoms with Gasteiger partial charge in [-0.2, -0.15) is 5.10 Å². The van der Waals surface area contributed by atoms with Gasteiger partial charge in [0.25, 0.3) is 0 Å². The van der Waals surface area contributed by atoms with Crippen LogP contribution in [0.3, 0.4) is 0 Å². The molecule has 3 aromatic rings. The quantitative estimate of drug-likeness (QED) is 0.709. The number of anilines is 1. The van der Waals surface area contributed by atoms with Gasteiger partial charge in [-0.1, -0.05) is 46.3 Å². The van der Waals surface area contributed by atoms with E-state index in [0.717, 1.165) is 21.3 Å². The maximum absolute atomic E-state index is 6.09. The van der Waals surface area contributed by atoms with E-state index in [2.05, 4.69) is 58.2 Å². The number of benzene rings is 2. The lowest BCUT2D eigenvalue weighted by Crippen LogP contribution is -1.92. The van der Waals surface area contributed by atoms with Gasteiger partial charge in [-0.15, -0.1) is 0 Å². The highest BCUT2D eigenvalue weighted by Gasteiger charge is 2.17. The van der Waals surface area contributed by atoms with Crippen molar-refractivity contribution in [3.63, 3.8) is 0 Å². The Kier molecular flexibility index (Phi) is 3.55. The number of H-pyrrole nitrogens is 1. The normalized spacial score (nSPS) is 10.8. The maximum atomic E-state index is 6.09. The molecule has 3 N–H and O–H groups in total. The van der Waals surface area contributed by atoms with Crippen molar-refractivity contribution in [2.24, 2.45) is 0 Å². The van der Waals surface area contributed by atoms with Crippen molar-refractivity contribution in [2.45, 2.75) is 13.8 Å². The molecule has 1 aromatic heterocycles. The number of hydrogen-bond donors (Lipinski definition) is 2. The number of hydrogen-bond acceptors (Lipinski definition) is 2. The second-order valence-electron chi connectivity index (χ2n) is 5.13. The van der Waals surface area contributed by atoms with Crippen LogP contribution in [0.2, 0.25) is 0 Å². The summed E-state index contributed by atoms with van der Waals surface area (Å²) in [7, 11) is 0. The lowest BCUT2D eigenvalue weighted by molar-refractivity contribution is 1.10. The van der Waals surface area contributed by atoms with E-state index >= 15 is 0 Å². The van der Waals surface area contributed by atoms with Crippen LogP contribution >= 0.6 is 15.9 Å². The average molecular weight is 342 g/mol. The van der Waals surface area contributed by atoms with Crippen LogP contribution in [0.4, 0.5) is 5.82 Å². The van der Waals surface area contributed by atoms with Crippen molar-refractivity contribution < 1.29 is 0 Å². The van der Waals surface area contributed by atoms with Crippen LogP contribution in [-0.4, -0.2) is 10.2 Å². The molecule has 0 atom stereocenters. The molecule has 0 bridgehead atoms. The zero-order valence-corrected chi connectivity index (χ0v) is 13.5. The summed E-state index contributed by atoms with van der Waals surface area (Å²) in [6, 6.07) is 14.4. The summed E-state index contributed by atoms with van der Waals surface area (Å²) in [6.07, 6.45) is 0. The topological polar surface area (TPSA) is 54.7 Å². The number of aryl methyl sites for hydroxylation is 2. The Labute approximate surface area is 132 Å². The van der Waals surface area contributed by atoms with Gasteiger partial charge in [0.05, 0.1) is 11.3 Å². The summed E-state index contributed by atoms with van der Waals surface area (Å²) < 4.78 is 1.04. The number of aromatic amines is 1. The monoisotopic (exact) mass is 341 g/mol. The molecule has 106 valence electrons. The van der Waals surface area contributed by atoms with Gasteiger partial charge in [0.15, 0.2) is 5.82 Å². The van der Waals surface area contributed by atoms with Crippen molar-refractivity contribution in [2.75, 3.05) is 5.73 Å². The smallest absolute Gasteiger partial charge is 0.153 e. The summed E-state index contributed by atoms with van der Waals surface area (Å²) in [5, 5.41) is 7.31. The van der Waals surface area contributed by atoms with Gasteiger partial charge < -0.3 is 5.73 Å². The van der Waals surface area contributed by atoms with Crippen LogP contribution < -0.4 is 5.73 Å². The molecule has 4 heteroatoms. The van der Waals surface area contributed by atoms with Crippen LogP contribution in [0, 0.1) is 13.8 Å². The second-order valence-corrected chi connectivity index (χ2v) is 6.05. The fraction of sp³-hybridized carbons (Fsp3) is 0.118. The fourth-order valence-corrected chi connectivity index (χ4v) is 2.92. The third kappa shape index (κ3) is 2.47. The second kappa shape index (κ2) is 5.37. The van der Waals surface area contributed by atoms with Crippen LogP contribution in [0.5, 0.6) is 0 Å². The van der Waals surface area contributed by atoms with E-state index in [0.29, 0.717) is 5.82 Å². The van der Waals surface area contributed by atoms with Crippen molar-refractivity contribution in [1.82, 2.24) is 10.2 Å². The molecule has 0 aliphatic rings. The number of halogens is 1. The molecule has 0 radical (unpaired) electrons. The number of nitrogen functional groups attached to an aromatic ring is 1. The van der Waals surface area contributed by atoms with E-state index in [1.807, 2.05) is 24.3 Å². The van der Waals surface area contributed by atoms with Crippen LogP contribution in [0.25, 0.3) is 22.4 Å². The molecule has 0 spiro atoms. The van der Waals surface area contributed by atoms with E-state index in [4.69, 9.17) is 5.73 Å². The third-order valence-electron chi connectivity index (χ3n) is 3.66. The minimum atomic E-state index is 0.523. The molecule has 3 rings (SSSR count). The third-order valence-corrected chi connectivity index (χ3v) is 4.19. The molecule has 0 aliphatic carbocycles. The van der Waals surface area contributed by atoms with Gasteiger partial charge >= 0.3 is 0 Å². The number of nitrogens with zero attached hydrogens (tertiary/aromatic N) is 1. The van der Waals surface area contributed by atoms with Gasteiger partial charge in [0, 0.05) is 10.0 Å². The Hall–Kier alpha value is -2.07. The van der Waals surface area contributed by atoms with Crippen molar-refractivity contribution >= 4 is 21.7 Å². The SMILES string of the molecule is Cc1cccc(C)c1-c1[nH]nc(N)c1-c1ccc(Br)cc1. The summed E-state index contributed by atoms with van der Waals surface area (Å²) in [6.45, 7) is 4.20. The molecule has 0 amide bonds. The lowest BCUT2D eigenvalue weighted by Gasteiger charge is -2.10. The number of aromatic nitrogens is 2. The highest BCUT2D eigenvalue weighted by Crippen LogP contribution is 2.37. The summed E-state index contributed by atoms with van der Waals surface area (Å²) in [5.41, 5.74) is 12.7. The molecular formula is C17H16BrN3. The van der Waals surface area contributed by atoms with E-state index < -0.39 is 0 Å². The summed E-state index contributed by atoms with van der Waals surface area (Å²) >= 11 is 3.46. The zero-order chi connectivity index (χ0) is 15.0. The Morgan fingerprint density at radius 2 is 1.57 bits per heavy atom. The Morgan fingerprint density at radius 1 is 0.952 bits per heavy atom. The van der Waals surface area contributed by atoms with Crippen molar-refractivity contribution in [1.29, 1.82) is 0 Å². The first-order chi connectivity index (χ1) is 10.1. The number of rotatable bonds is 2. The van der Waals surface area contributed by atoms with E-state index in [1.165, 1.54) is 16.7 Å². The number of nitrogens with one attached hydrogen (secondary N) is 1. The predicted octanol–water partition coefficient (Wildman–Crippen LogP) is 4.71. The molecule has 3 nitrogen and oxygen atoms in total. The van der Waals surface area contributed by atoms with Gasteiger partial charge in [0.1, 0.15) is 0 Å². The first-order valence-electron chi connectivity index (χ1n) is 6.74. The lowest BCUT2D eigenvalue weighted by atomic mass is 9.94. The van der Waals surface area contributed by atoms with Gasteiger partial charge in [0.2, 0.25) is 0 Å². The highest BCUT2D eigenvalue weighted by atomic mass is 79.9. The molecular weight excluding hydrogens is 326 g/mol. The highest BCUT2D eigenvalue weighted by molar-refractivity contribution is 9.10. The Balaban J connectivity index is 2.24. The Bertz CT molecular complexity index is 768. The van der Waals surface area contributed by atoms with Gasteiger partial charge in [-0.05, 0) is 42.7 Å². The molecule has 0 aliphatic heterocycles. The number of nitrogens with two attached hydrogens (primary N) is 1. The fourth-order valence-electron chi connectivity index (χ4n) is 2.65. The summed E-state index contributed by atoms with van der Waals surface area (Å²) in [5.74, 6) is 0.523. The minimum Gasteiger partial charge on any atom is -0.382 e. The molecule has 0 saturated carbocycles. The molecule has 0 fully saturated rings. The molecule has 0 unspecified atom stereocenters. The van der Waals surface area contributed by atoms with Crippen LogP contribution in [0.1, 0.15) is 11.1 Å². The van der Waals surface area contributed by atoms with Crippen molar-refractivity contribution in [3.8, 4) is 22.4 Å². The Morgan fingerprint density at radius 3 is 2.19 bits per heavy atom. The van der Waals surface area contributed by atoms with Gasteiger partial charge in [-0.25, -0.2) is 0 Å². The maximum Gasteiger partial charge on any atom is 0.153 e. The van der Waals surface area contributed by atoms with E-state index in [9.17, 15) is 0 Å². The van der Waals surface area contributed by atoms with E-state index in [1.54, 1.807) is 0 Å². The molecule has 1 heterocycles. The first kappa shape index (κ1) is 13.9. The molecule has 2 aromatic carbocycles.